The SMILES string of the molecule is Cc1ccc(N2CCCN(C(=O)CCCN3CCN(c4ccc(C(F)(F)F)cc4)CC3)CC2)cc1C(F)(F)F. The number of halogens is 6. The van der Waals surface area contributed by atoms with Crippen LogP contribution in [0.2, 0.25) is 0 Å². The third-order valence-corrected chi connectivity index (χ3v) is 7.54. The molecule has 4 rings (SSSR count). The second-order valence-corrected chi connectivity index (χ2v) is 10.2. The van der Waals surface area contributed by atoms with E-state index in [0.29, 0.717) is 64.2 Å². The molecule has 0 aliphatic carbocycles. The zero-order valence-corrected chi connectivity index (χ0v) is 22.0. The van der Waals surface area contributed by atoms with Crippen LogP contribution in [0.25, 0.3) is 0 Å². The molecule has 2 aliphatic rings. The summed E-state index contributed by atoms with van der Waals surface area (Å²) in [5.74, 6) is 0.0557. The molecule has 0 radical (unpaired) electrons. The molecule has 2 fully saturated rings. The second kappa shape index (κ2) is 12.1. The van der Waals surface area contributed by atoms with Crippen LogP contribution in [0.4, 0.5) is 37.7 Å². The van der Waals surface area contributed by atoms with Crippen LogP contribution in [-0.4, -0.2) is 74.6 Å². The van der Waals surface area contributed by atoms with Gasteiger partial charge in [-0.1, -0.05) is 6.07 Å². The van der Waals surface area contributed by atoms with Gasteiger partial charge in [0, 0.05) is 70.2 Å². The summed E-state index contributed by atoms with van der Waals surface area (Å²) in [5.41, 5.74) is 0.208. The van der Waals surface area contributed by atoms with Gasteiger partial charge in [-0.3, -0.25) is 9.69 Å². The van der Waals surface area contributed by atoms with Gasteiger partial charge in [-0.05, 0) is 68.3 Å². The van der Waals surface area contributed by atoms with Gasteiger partial charge in [-0.25, -0.2) is 0 Å². The molecular weight excluding hydrogens is 522 g/mol. The van der Waals surface area contributed by atoms with Crippen molar-refractivity contribution in [1.82, 2.24) is 9.80 Å². The number of piperazine rings is 1. The third kappa shape index (κ3) is 7.58. The predicted molar refractivity (Wildman–Crippen MR) is 139 cm³/mol. The van der Waals surface area contributed by atoms with Crippen molar-refractivity contribution >= 4 is 17.3 Å². The Morgan fingerprint density at radius 3 is 2.00 bits per heavy atom. The molecule has 1 amide bonds. The smallest absolute Gasteiger partial charge is 0.370 e. The van der Waals surface area contributed by atoms with E-state index in [1.165, 1.54) is 31.2 Å². The summed E-state index contributed by atoms with van der Waals surface area (Å²) in [4.78, 5) is 20.9. The van der Waals surface area contributed by atoms with E-state index in [0.717, 1.165) is 37.5 Å². The molecule has 0 saturated carbocycles. The Kier molecular flexibility index (Phi) is 8.98. The quantitative estimate of drug-likeness (QED) is 0.429. The third-order valence-electron chi connectivity index (χ3n) is 7.54. The molecule has 2 aliphatic heterocycles. The molecule has 2 heterocycles. The number of carbonyl (C=O) groups is 1. The number of nitrogens with zero attached hydrogens (tertiary/aromatic N) is 4. The summed E-state index contributed by atoms with van der Waals surface area (Å²) >= 11 is 0. The Balaban J connectivity index is 1.19. The molecule has 39 heavy (non-hydrogen) atoms. The van der Waals surface area contributed by atoms with Crippen molar-refractivity contribution in [3.8, 4) is 0 Å². The Morgan fingerprint density at radius 1 is 0.744 bits per heavy atom. The van der Waals surface area contributed by atoms with Gasteiger partial charge in [0.1, 0.15) is 0 Å². The Morgan fingerprint density at radius 2 is 1.36 bits per heavy atom. The molecule has 0 atom stereocenters. The van der Waals surface area contributed by atoms with Gasteiger partial charge in [-0.2, -0.15) is 26.3 Å². The fraction of sp³-hybridized carbons (Fsp3) is 0.536. The number of amides is 1. The van der Waals surface area contributed by atoms with E-state index >= 15 is 0 Å². The topological polar surface area (TPSA) is 30.0 Å². The summed E-state index contributed by atoms with van der Waals surface area (Å²) < 4.78 is 78.4. The van der Waals surface area contributed by atoms with Crippen molar-refractivity contribution in [3.05, 3.63) is 59.2 Å². The van der Waals surface area contributed by atoms with Crippen LogP contribution in [0.1, 0.15) is 36.0 Å². The average molecular weight is 557 g/mol. The van der Waals surface area contributed by atoms with Gasteiger partial charge >= 0.3 is 12.4 Å². The first-order chi connectivity index (χ1) is 18.4. The molecule has 214 valence electrons. The summed E-state index contributed by atoms with van der Waals surface area (Å²) in [5, 5.41) is 0. The molecule has 11 heteroatoms. The monoisotopic (exact) mass is 556 g/mol. The maximum absolute atomic E-state index is 13.3. The van der Waals surface area contributed by atoms with Crippen molar-refractivity contribution in [2.24, 2.45) is 0 Å². The molecule has 0 aromatic heterocycles. The minimum Gasteiger partial charge on any atom is -0.370 e. The summed E-state index contributed by atoms with van der Waals surface area (Å²) in [7, 11) is 0. The number of aryl methyl sites for hydroxylation is 1. The van der Waals surface area contributed by atoms with Gasteiger partial charge in [-0.15, -0.1) is 0 Å². The lowest BCUT2D eigenvalue weighted by Gasteiger charge is -2.36. The van der Waals surface area contributed by atoms with Crippen molar-refractivity contribution in [3.63, 3.8) is 0 Å². The highest BCUT2D eigenvalue weighted by Crippen LogP contribution is 2.35. The van der Waals surface area contributed by atoms with Gasteiger partial charge in [0.05, 0.1) is 11.1 Å². The van der Waals surface area contributed by atoms with Crippen molar-refractivity contribution in [2.45, 2.75) is 38.5 Å². The number of alkyl halides is 6. The number of rotatable bonds is 6. The molecule has 2 aromatic carbocycles. The van der Waals surface area contributed by atoms with E-state index in [1.807, 2.05) is 4.90 Å². The first-order valence-electron chi connectivity index (χ1n) is 13.3. The fourth-order valence-electron chi connectivity index (χ4n) is 5.24. The molecular formula is C28H34F6N4O. The van der Waals surface area contributed by atoms with E-state index in [9.17, 15) is 31.1 Å². The minimum absolute atomic E-state index is 0.0557. The van der Waals surface area contributed by atoms with Crippen molar-refractivity contribution in [2.75, 3.05) is 68.7 Å². The first kappa shape index (κ1) is 29.0. The lowest BCUT2D eigenvalue weighted by Crippen LogP contribution is -2.46. The maximum Gasteiger partial charge on any atom is 0.416 e. The number of benzene rings is 2. The Labute approximate surface area is 225 Å². The van der Waals surface area contributed by atoms with Crippen LogP contribution in [0.5, 0.6) is 0 Å². The van der Waals surface area contributed by atoms with E-state index in [2.05, 4.69) is 9.80 Å². The lowest BCUT2D eigenvalue weighted by molar-refractivity contribution is -0.138. The van der Waals surface area contributed by atoms with Crippen LogP contribution in [-0.2, 0) is 17.1 Å². The first-order valence-corrected chi connectivity index (χ1v) is 13.3. The van der Waals surface area contributed by atoms with Gasteiger partial charge < -0.3 is 14.7 Å². The molecule has 2 aromatic rings. The highest BCUT2D eigenvalue weighted by Gasteiger charge is 2.33. The van der Waals surface area contributed by atoms with Gasteiger partial charge in [0.15, 0.2) is 0 Å². The molecule has 5 nitrogen and oxygen atoms in total. The number of anilines is 2. The standard InChI is InChI=1S/C28H34F6N4O/c1-21-5-8-24(20-25(21)28(32,33)34)36-12-3-13-38(19-18-36)26(39)4-2-11-35-14-16-37(17-15-35)23-9-6-22(7-10-23)27(29,30)31/h5-10,20H,2-4,11-19H2,1H3. The lowest BCUT2D eigenvalue weighted by atomic mass is 10.1. The number of hydrogen-bond acceptors (Lipinski definition) is 4. The largest absolute Gasteiger partial charge is 0.416 e. The summed E-state index contributed by atoms with van der Waals surface area (Å²) in [6.45, 7) is 7.29. The molecule has 0 N–H and O–H groups in total. The normalized spacial score (nSPS) is 17.9. The highest BCUT2D eigenvalue weighted by molar-refractivity contribution is 5.76. The predicted octanol–water partition coefficient (Wildman–Crippen LogP) is 5.67. The van der Waals surface area contributed by atoms with Crippen molar-refractivity contribution < 1.29 is 31.1 Å². The summed E-state index contributed by atoms with van der Waals surface area (Å²) in [6, 6.07) is 9.63. The Hall–Kier alpha value is -2.95. The van der Waals surface area contributed by atoms with Crippen LogP contribution in [0.15, 0.2) is 42.5 Å². The Bertz CT molecular complexity index is 1110. The van der Waals surface area contributed by atoms with Crippen molar-refractivity contribution in [1.29, 1.82) is 0 Å². The van der Waals surface area contributed by atoms with Crippen LogP contribution in [0, 0.1) is 6.92 Å². The van der Waals surface area contributed by atoms with E-state index in [1.54, 1.807) is 11.0 Å². The number of carbonyl (C=O) groups excluding carboxylic acids is 1. The van der Waals surface area contributed by atoms with Crippen LogP contribution in [0.3, 0.4) is 0 Å². The zero-order valence-electron chi connectivity index (χ0n) is 22.0. The molecule has 0 spiro atoms. The average Bonchev–Trinajstić information content (AvgIpc) is 3.15. The van der Waals surface area contributed by atoms with E-state index < -0.39 is 23.5 Å². The molecule has 0 bridgehead atoms. The second-order valence-electron chi connectivity index (χ2n) is 10.2. The van der Waals surface area contributed by atoms with Gasteiger partial charge in [0.25, 0.3) is 0 Å². The number of hydrogen-bond donors (Lipinski definition) is 0. The summed E-state index contributed by atoms with van der Waals surface area (Å²) in [6.07, 6.45) is -6.95. The van der Waals surface area contributed by atoms with Gasteiger partial charge in [0.2, 0.25) is 5.91 Å². The zero-order chi connectivity index (χ0) is 28.2. The van der Waals surface area contributed by atoms with E-state index in [-0.39, 0.29) is 11.5 Å². The maximum atomic E-state index is 13.3. The minimum atomic E-state index is -4.40. The van der Waals surface area contributed by atoms with Crippen LogP contribution < -0.4 is 9.80 Å². The fourth-order valence-corrected chi connectivity index (χ4v) is 5.24. The van der Waals surface area contributed by atoms with E-state index in [4.69, 9.17) is 0 Å². The highest BCUT2D eigenvalue weighted by atomic mass is 19.4. The van der Waals surface area contributed by atoms with Crippen LogP contribution >= 0.6 is 0 Å². The molecule has 0 unspecified atom stereocenters. The molecule has 2 saturated heterocycles.